The smallest absolute Gasteiger partial charge is 0.198 e. The second kappa shape index (κ2) is 13.5. The van der Waals surface area contributed by atoms with E-state index in [9.17, 15) is 0 Å². The molecule has 5 heteroatoms. The van der Waals surface area contributed by atoms with Gasteiger partial charge in [-0.1, -0.05) is 96.0 Å². The lowest BCUT2D eigenvalue weighted by molar-refractivity contribution is -0.175. The molecule has 374 valence electrons. The molecular formula is C73H57BN2O2. The van der Waals surface area contributed by atoms with E-state index in [-0.39, 0.29) is 5.41 Å². The Labute approximate surface area is 453 Å². The van der Waals surface area contributed by atoms with Crippen LogP contribution in [0.2, 0.25) is 0 Å². The topological polar surface area (TPSA) is 45.3 Å². The van der Waals surface area contributed by atoms with Gasteiger partial charge in [0.15, 0.2) is 7.28 Å². The first-order valence-corrected chi connectivity index (χ1v) is 29.7. The molecule has 9 aromatic carbocycles. The summed E-state index contributed by atoms with van der Waals surface area (Å²) in [7, 11) is 0.731. The minimum atomic E-state index is 0.206. The molecular weight excluding hydrogens is 948 g/mol. The number of benzene rings is 9. The third-order valence-electron chi connectivity index (χ3n) is 24.5. The normalized spacial score (nSPS) is 30.9. The zero-order chi connectivity index (χ0) is 50.3. The van der Waals surface area contributed by atoms with Gasteiger partial charge >= 0.3 is 0 Å². The number of hydrogen-bond donors (Lipinski definition) is 1. The summed E-state index contributed by atoms with van der Waals surface area (Å²) in [4.78, 5) is 6.87. The Morgan fingerprint density at radius 1 is 0.487 bits per heavy atom. The van der Waals surface area contributed by atoms with E-state index in [0.29, 0.717) is 16.2 Å². The molecule has 0 amide bonds. The van der Waals surface area contributed by atoms with Crippen LogP contribution < -0.4 is 15.8 Å². The maximum Gasteiger partial charge on any atom is 0.198 e. The van der Waals surface area contributed by atoms with Crippen LogP contribution in [-0.2, 0) is 10.8 Å². The standard InChI is InChI=1S/C73H57BN2O2/c1-38-15-18-60(51(19-38)39-9-3-2-4-10-39)76-61-29-54-53-20-40-11-5-6-12-41(40)21-64(53)77-65(54)31-58(61)74-67-62(76)30-56-50-13-7-8-14-63(50)78-69(56)66(67)57-28-43(71-34-48-24-45-25-49(35-71)73(45,48)37-71)27-55-52-26-42(16-17-59(52)75-68(55)57)70-32-46-22-44-23-47(33-70)72(44,46)36-70/h2-21,26-31,44-49,74-75H,22-25,32-37H2,1H3. The highest BCUT2D eigenvalue weighted by molar-refractivity contribution is 6.74. The first kappa shape index (κ1) is 41.6. The van der Waals surface area contributed by atoms with Crippen molar-refractivity contribution < 1.29 is 8.83 Å². The molecule has 1 aliphatic heterocycles. The molecule has 0 radical (unpaired) electrons. The van der Waals surface area contributed by atoms with Gasteiger partial charge in [-0.15, -0.1) is 0 Å². The number of anilines is 3. The molecule has 3 aromatic heterocycles. The first-order chi connectivity index (χ1) is 38.3. The van der Waals surface area contributed by atoms with Crippen LogP contribution in [0.1, 0.15) is 80.9 Å². The highest BCUT2D eigenvalue weighted by atomic mass is 16.3. The van der Waals surface area contributed by atoms with Crippen LogP contribution in [0.25, 0.3) is 98.7 Å². The van der Waals surface area contributed by atoms with Gasteiger partial charge in [-0.2, -0.15) is 0 Å². The largest absolute Gasteiger partial charge is 0.456 e. The van der Waals surface area contributed by atoms with E-state index in [1.807, 2.05) is 0 Å². The number of aromatic nitrogens is 1. The number of hydrogen-bond acceptors (Lipinski definition) is 3. The average Bonchev–Trinajstić information content (AvgIpc) is 3.65. The molecule has 8 aliphatic carbocycles. The molecule has 4 unspecified atom stereocenters. The molecule has 4 bridgehead atoms. The monoisotopic (exact) mass is 1000 g/mol. The van der Waals surface area contributed by atoms with E-state index in [4.69, 9.17) is 8.83 Å². The summed E-state index contributed by atoms with van der Waals surface area (Å²) in [5.74, 6) is 5.66. The lowest BCUT2D eigenvalue weighted by Crippen LogP contribution is -2.59. The van der Waals surface area contributed by atoms with E-state index < -0.39 is 0 Å². The lowest BCUT2D eigenvalue weighted by atomic mass is 9.38. The second-order valence-corrected chi connectivity index (χ2v) is 27.3. The van der Waals surface area contributed by atoms with E-state index >= 15 is 0 Å². The fraction of sp³-hybridized carbons (Fsp3) is 0.288. The number of fused-ring (bicyclic) bond motifs is 14. The van der Waals surface area contributed by atoms with Gasteiger partial charge in [0.1, 0.15) is 22.3 Å². The van der Waals surface area contributed by atoms with E-state index in [1.54, 1.807) is 11.1 Å². The maximum atomic E-state index is 7.41. The molecule has 8 fully saturated rings. The fourth-order valence-corrected chi connectivity index (χ4v) is 21.4. The van der Waals surface area contributed by atoms with Crippen molar-refractivity contribution in [3.8, 4) is 22.3 Å². The van der Waals surface area contributed by atoms with E-state index in [1.165, 1.54) is 158 Å². The van der Waals surface area contributed by atoms with E-state index in [2.05, 4.69) is 175 Å². The predicted molar refractivity (Wildman–Crippen MR) is 320 cm³/mol. The van der Waals surface area contributed by atoms with Crippen molar-refractivity contribution in [3.63, 3.8) is 0 Å². The summed E-state index contributed by atoms with van der Waals surface area (Å²) in [5, 5.41) is 9.87. The van der Waals surface area contributed by atoms with Gasteiger partial charge in [-0.05, 0) is 234 Å². The van der Waals surface area contributed by atoms with Gasteiger partial charge in [0.25, 0.3) is 0 Å². The van der Waals surface area contributed by atoms with Crippen LogP contribution in [0.5, 0.6) is 0 Å². The summed E-state index contributed by atoms with van der Waals surface area (Å²) in [5.41, 5.74) is 23.7. The van der Waals surface area contributed by atoms with Gasteiger partial charge in [0, 0.05) is 65.9 Å². The Bertz CT molecular complexity index is 4750. The molecule has 9 aliphatic rings. The van der Waals surface area contributed by atoms with Gasteiger partial charge < -0.3 is 18.7 Å². The fourth-order valence-electron chi connectivity index (χ4n) is 21.4. The van der Waals surface area contributed by atoms with Crippen LogP contribution in [0.4, 0.5) is 17.1 Å². The number of aromatic amines is 1. The predicted octanol–water partition coefficient (Wildman–Crippen LogP) is 17.2. The van der Waals surface area contributed by atoms with Crippen molar-refractivity contribution in [2.45, 2.75) is 82.0 Å². The number of furan rings is 2. The molecule has 8 saturated carbocycles. The summed E-state index contributed by atoms with van der Waals surface area (Å²) in [6, 6.07) is 60.7. The zero-order valence-corrected chi connectivity index (χ0v) is 44.0. The van der Waals surface area contributed by atoms with Crippen molar-refractivity contribution in [1.29, 1.82) is 0 Å². The Hall–Kier alpha value is -7.50. The molecule has 4 heterocycles. The SMILES string of the molecule is Cc1ccc(N2c3cc4c(cc3Bc3c2cc2c(oc5ccccc52)c3-c2cc(C35CC6CC7CC(C3)C76C5)cc3c2[nH]c2ccc(C56CC7CC8CC(C5)C87C6)cc23)oc2cc3ccccc3cc24)c(-c2ccccc2)c1. The number of rotatable bonds is 5. The summed E-state index contributed by atoms with van der Waals surface area (Å²) in [6.07, 6.45) is 14.2. The van der Waals surface area contributed by atoms with E-state index in [0.717, 1.165) is 81.3 Å². The second-order valence-electron chi connectivity index (χ2n) is 27.3. The highest BCUT2D eigenvalue weighted by Crippen LogP contribution is 2.86. The van der Waals surface area contributed by atoms with Gasteiger partial charge in [-0.3, -0.25) is 0 Å². The quantitative estimate of drug-likeness (QED) is 0.175. The average molecular weight is 1010 g/mol. The van der Waals surface area contributed by atoms with Crippen LogP contribution in [-0.4, -0.2) is 12.3 Å². The number of nitrogens with one attached hydrogen (secondary N) is 1. The first-order valence-electron chi connectivity index (χ1n) is 29.7. The lowest BCUT2D eigenvalue weighted by Gasteiger charge is -2.66. The molecule has 78 heavy (non-hydrogen) atoms. The van der Waals surface area contributed by atoms with Crippen LogP contribution >= 0.6 is 0 Å². The minimum Gasteiger partial charge on any atom is -0.456 e. The number of para-hydroxylation sites is 1. The Balaban J connectivity index is 0.867. The molecule has 4 atom stereocenters. The maximum absolute atomic E-state index is 7.41. The molecule has 21 rings (SSSR count). The van der Waals surface area contributed by atoms with Gasteiger partial charge in [0.2, 0.25) is 0 Å². The molecule has 2 spiro atoms. The summed E-state index contributed by atoms with van der Waals surface area (Å²) < 4.78 is 14.4. The van der Waals surface area contributed by atoms with Gasteiger partial charge in [-0.25, -0.2) is 0 Å². The third-order valence-corrected chi connectivity index (χ3v) is 24.5. The molecule has 0 saturated heterocycles. The van der Waals surface area contributed by atoms with Crippen LogP contribution in [0.15, 0.2) is 167 Å². The third kappa shape index (κ3) is 4.74. The Morgan fingerprint density at radius 3 is 1.91 bits per heavy atom. The van der Waals surface area contributed by atoms with Crippen molar-refractivity contribution in [1.82, 2.24) is 4.98 Å². The zero-order valence-electron chi connectivity index (χ0n) is 44.0. The molecule has 1 N–H and O–H groups in total. The summed E-state index contributed by atoms with van der Waals surface area (Å²) in [6.45, 7) is 2.23. The van der Waals surface area contributed by atoms with Crippen molar-refractivity contribution in [3.05, 3.63) is 174 Å². The summed E-state index contributed by atoms with van der Waals surface area (Å²) >= 11 is 0. The van der Waals surface area contributed by atoms with Crippen LogP contribution in [0, 0.1) is 53.3 Å². The molecule has 12 aromatic rings. The van der Waals surface area contributed by atoms with Crippen LogP contribution in [0.3, 0.4) is 0 Å². The number of H-pyrrole nitrogens is 1. The number of aryl methyl sites for hydroxylation is 1. The minimum absolute atomic E-state index is 0.206. The Kier molecular flexibility index (Phi) is 7.19. The van der Waals surface area contributed by atoms with Gasteiger partial charge in [0.05, 0.1) is 11.2 Å². The van der Waals surface area contributed by atoms with Crippen molar-refractivity contribution in [2.75, 3.05) is 4.90 Å². The van der Waals surface area contributed by atoms with Crippen molar-refractivity contribution >= 4 is 112 Å². The highest BCUT2D eigenvalue weighted by Gasteiger charge is 2.78. The number of nitrogens with zero attached hydrogens (tertiary/aromatic N) is 1. The van der Waals surface area contributed by atoms with Crippen molar-refractivity contribution in [2.24, 2.45) is 46.3 Å². The Morgan fingerprint density at radius 2 is 1.15 bits per heavy atom. The molecule has 4 nitrogen and oxygen atoms in total.